The first-order chi connectivity index (χ1) is 13.4. The summed E-state index contributed by atoms with van der Waals surface area (Å²) in [6.07, 6.45) is 0.315. The number of imidazole rings is 1. The molecule has 1 fully saturated rings. The molecule has 3 rings (SSSR count). The van der Waals surface area contributed by atoms with E-state index in [1.54, 1.807) is 9.47 Å². The molecule has 1 aliphatic heterocycles. The highest BCUT2D eigenvalue weighted by Crippen LogP contribution is 2.32. The Labute approximate surface area is 161 Å². The summed E-state index contributed by atoms with van der Waals surface area (Å²) in [5, 5.41) is 23.1. The lowest BCUT2D eigenvalue weighted by Gasteiger charge is -2.22. The largest absolute Gasteiger partial charge is 0.394 e. The van der Waals surface area contributed by atoms with Gasteiger partial charge in [0, 0.05) is 14.1 Å². The predicted molar refractivity (Wildman–Crippen MR) is 100 cm³/mol. The van der Waals surface area contributed by atoms with Crippen LogP contribution in [0.1, 0.15) is 12.6 Å². The number of amides is 1. The van der Waals surface area contributed by atoms with E-state index in [1.165, 1.54) is 12.7 Å². The fourth-order valence-corrected chi connectivity index (χ4v) is 3.24. The van der Waals surface area contributed by atoms with Crippen LogP contribution in [-0.2, 0) is 9.53 Å². The van der Waals surface area contributed by atoms with Crippen molar-refractivity contribution in [3.8, 4) is 0 Å². The molecule has 1 aliphatic rings. The van der Waals surface area contributed by atoms with E-state index >= 15 is 0 Å². The van der Waals surface area contributed by atoms with E-state index in [0.717, 1.165) is 0 Å². The third kappa shape index (κ3) is 3.64. The normalized spacial score (nSPS) is 25.8. The van der Waals surface area contributed by atoms with Crippen LogP contribution in [0, 0.1) is 0 Å². The Kier molecular flexibility index (Phi) is 6.05. The Morgan fingerprint density at radius 2 is 2.18 bits per heavy atom. The van der Waals surface area contributed by atoms with Crippen molar-refractivity contribution < 1.29 is 19.7 Å². The third-order valence-corrected chi connectivity index (χ3v) is 4.72. The van der Waals surface area contributed by atoms with Crippen LogP contribution in [0.3, 0.4) is 0 Å². The van der Waals surface area contributed by atoms with Gasteiger partial charge in [0.1, 0.15) is 18.5 Å². The summed E-state index contributed by atoms with van der Waals surface area (Å²) >= 11 is 0. The van der Waals surface area contributed by atoms with E-state index in [2.05, 4.69) is 20.3 Å². The van der Waals surface area contributed by atoms with E-state index in [-0.39, 0.29) is 6.54 Å². The molecule has 1 unspecified atom stereocenters. The van der Waals surface area contributed by atoms with Crippen molar-refractivity contribution in [1.82, 2.24) is 24.8 Å². The second kappa shape index (κ2) is 8.32. The Balaban J connectivity index is 1.87. The minimum atomic E-state index is -1.15. The number of anilines is 1. The number of aromatic nitrogens is 4. The maximum Gasteiger partial charge on any atom is 0.237 e. The number of carbonyl (C=O) groups is 1. The molecule has 12 nitrogen and oxygen atoms in total. The van der Waals surface area contributed by atoms with Gasteiger partial charge in [0.25, 0.3) is 0 Å². The number of hydrogen-bond acceptors (Lipinski definition) is 10. The predicted octanol–water partition coefficient (Wildman–Crippen LogP) is -2.70. The van der Waals surface area contributed by atoms with Crippen molar-refractivity contribution >= 4 is 22.9 Å². The van der Waals surface area contributed by atoms with Crippen LogP contribution in [0.25, 0.3) is 11.2 Å². The molecule has 3 heterocycles. The van der Waals surface area contributed by atoms with Gasteiger partial charge in [0.05, 0.1) is 25.0 Å². The SMILES string of the molecule is CN(C)c1ncnc2c1ncn2[C@@H]1O[C@H](CO)C(NC(=O)[C@@H](N)CCN)[C@@H]1O. The van der Waals surface area contributed by atoms with Crippen molar-refractivity contribution in [1.29, 1.82) is 0 Å². The zero-order valence-corrected chi connectivity index (χ0v) is 15.8. The lowest BCUT2D eigenvalue weighted by Crippen LogP contribution is -2.53. The van der Waals surface area contributed by atoms with E-state index in [4.69, 9.17) is 16.2 Å². The monoisotopic (exact) mass is 394 g/mol. The lowest BCUT2D eigenvalue weighted by atomic mass is 10.1. The Morgan fingerprint density at radius 3 is 2.82 bits per heavy atom. The summed E-state index contributed by atoms with van der Waals surface area (Å²) in [7, 11) is 3.67. The molecule has 2 aromatic heterocycles. The lowest BCUT2D eigenvalue weighted by molar-refractivity contribution is -0.124. The first-order valence-electron chi connectivity index (χ1n) is 8.94. The van der Waals surface area contributed by atoms with Gasteiger partial charge in [-0.1, -0.05) is 0 Å². The second-order valence-electron chi connectivity index (χ2n) is 6.87. The van der Waals surface area contributed by atoms with Gasteiger partial charge in [-0.2, -0.15) is 0 Å². The molecule has 7 N–H and O–H groups in total. The quantitative estimate of drug-likeness (QED) is 0.332. The standard InChI is InChI=1S/C16H26N8O4/c1-23(2)13-11-14(20-6-19-13)24(7-21-11)16-12(26)10(9(5-25)28-16)22-15(27)8(18)3-4-17/h6-10,12,16,25-26H,3-5,17-18H2,1-2H3,(H,22,27)/t8-,9+,10?,12-,16+/m0/s1. The molecular formula is C16H26N8O4. The van der Waals surface area contributed by atoms with Gasteiger partial charge in [-0.3, -0.25) is 9.36 Å². The summed E-state index contributed by atoms with van der Waals surface area (Å²) in [6.45, 7) is -0.130. The van der Waals surface area contributed by atoms with Crippen molar-refractivity contribution in [3.63, 3.8) is 0 Å². The third-order valence-electron chi connectivity index (χ3n) is 4.72. The summed E-state index contributed by atoms with van der Waals surface area (Å²) in [4.78, 5) is 26.8. The number of aliphatic hydroxyl groups is 2. The first kappa shape index (κ1) is 20.4. The molecule has 154 valence electrons. The zero-order chi connectivity index (χ0) is 20.4. The molecule has 1 amide bonds. The molecule has 2 aromatic rings. The zero-order valence-electron chi connectivity index (χ0n) is 15.8. The van der Waals surface area contributed by atoms with Crippen molar-refractivity contribution in [2.75, 3.05) is 32.1 Å². The minimum Gasteiger partial charge on any atom is -0.394 e. The molecule has 0 spiro atoms. The summed E-state index contributed by atoms with van der Waals surface area (Å²) < 4.78 is 7.36. The van der Waals surface area contributed by atoms with Gasteiger partial charge in [-0.05, 0) is 13.0 Å². The van der Waals surface area contributed by atoms with Gasteiger partial charge in [0.2, 0.25) is 5.91 Å². The molecule has 28 heavy (non-hydrogen) atoms. The van der Waals surface area contributed by atoms with Gasteiger partial charge < -0.3 is 36.6 Å². The van der Waals surface area contributed by atoms with Crippen molar-refractivity contribution in [3.05, 3.63) is 12.7 Å². The maximum absolute atomic E-state index is 12.2. The smallest absolute Gasteiger partial charge is 0.237 e. The van der Waals surface area contributed by atoms with Crippen LogP contribution in [0.2, 0.25) is 0 Å². The fourth-order valence-electron chi connectivity index (χ4n) is 3.24. The summed E-state index contributed by atoms with van der Waals surface area (Å²) in [6, 6.07) is -1.65. The minimum absolute atomic E-state index is 0.263. The van der Waals surface area contributed by atoms with Crippen molar-refractivity contribution in [2.45, 2.75) is 36.9 Å². The number of hydrogen-bond donors (Lipinski definition) is 5. The highest BCUT2D eigenvalue weighted by molar-refractivity contribution is 5.83. The summed E-state index contributed by atoms with van der Waals surface area (Å²) in [5.74, 6) is 0.150. The van der Waals surface area contributed by atoms with Gasteiger partial charge in [0.15, 0.2) is 23.2 Å². The van der Waals surface area contributed by atoms with Gasteiger partial charge in [-0.15, -0.1) is 0 Å². The number of rotatable bonds is 7. The van der Waals surface area contributed by atoms with Crippen LogP contribution in [0.4, 0.5) is 5.82 Å². The van der Waals surface area contributed by atoms with Gasteiger partial charge >= 0.3 is 0 Å². The van der Waals surface area contributed by atoms with Crippen LogP contribution in [0.5, 0.6) is 0 Å². The number of nitrogens with zero attached hydrogens (tertiary/aromatic N) is 5. The van der Waals surface area contributed by atoms with Gasteiger partial charge in [-0.25, -0.2) is 15.0 Å². The van der Waals surface area contributed by atoms with E-state index in [9.17, 15) is 15.0 Å². The average Bonchev–Trinajstić information content (AvgIpc) is 3.23. The van der Waals surface area contributed by atoms with E-state index < -0.39 is 43.0 Å². The van der Waals surface area contributed by atoms with E-state index in [1.807, 2.05) is 14.1 Å². The van der Waals surface area contributed by atoms with Crippen LogP contribution < -0.4 is 21.7 Å². The Hall–Kier alpha value is -2.38. The molecule has 0 saturated carbocycles. The molecule has 0 aliphatic carbocycles. The number of ether oxygens (including phenoxy) is 1. The number of nitrogens with one attached hydrogen (secondary N) is 1. The first-order valence-corrected chi connectivity index (χ1v) is 8.94. The van der Waals surface area contributed by atoms with Crippen LogP contribution in [-0.4, -0.2) is 87.2 Å². The van der Waals surface area contributed by atoms with Crippen molar-refractivity contribution in [2.24, 2.45) is 11.5 Å². The number of carbonyl (C=O) groups excluding carboxylic acids is 1. The van der Waals surface area contributed by atoms with E-state index in [0.29, 0.717) is 23.4 Å². The highest BCUT2D eigenvalue weighted by atomic mass is 16.5. The molecule has 1 saturated heterocycles. The average molecular weight is 394 g/mol. The Bertz CT molecular complexity index is 828. The Morgan fingerprint density at radius 1 is 1.43 bits per heavy atom. The van der Waals surface area contributed by atoms with Crippen LogP contribution >= 0.6 is 0 Å². The molecule has 0 radical (unpaired) electrons. The summed E-state index contributed by atoms with van der Waals surface area (Å²) in [5.41, 5.74) is 12.2. The highest BCUT2D eigenvalue weighted by Gasteiger charge is 2.46. The number of nitrogens with two attached hydrogens (primary N) is 2. The number of aliphatic hydroxyl groups excluding tert-OH is 2. The second-order valence-corrected chi connectivity index (χ2v) is 6.87. The van der Waals surface area contributed by atoms with Crippen LogP contribution in [0.15, 0.2) is 12.7 Å². The molecule has 5 atom stereocenters. The topological polar surface area (TPSA) is 178 Å². The molecule has 0 aromatic carbocycles. The molecule has 12 heteroatoms. The molecule has 0 bridgehead atoms. The molecular weight excluding hydrogens is 368 g/mol. The maximum atomic E-state index is 12.2. The number of fused-ring (bicyclic) bond motifs is 1. The fraction of sp³-hybridized carbons (Fsp3) is 0.625.